The molecular weight excluding hydrogens is 518 g/mol. The third-order valence-electron chi connectivity index (χ3n) is 8.51. The zero-order valence-electron chi connectivity index (χ0n) is 22.7. The molecule has 41 heavy (non-hydrogen) atoms. The fourth-order valence-corrected chi connectivity index (χ4v) is 7.85. The van der Waals surface area contributed by atoms with Crippen molar-refractivity contribution in [3.63, 3.8) is 0 Å². The molecule has 0 spiro atoms. The lowest BCUT2D eigenvalue weighted by Gasteiger charge is -2.08. The molecule has 3 heterocycles. The molecule has 0 aliphatic rings. The van der Waals surface area contributed by atoms with Crippen LogP contribution in [0.5, 0.6) is 0 Å². The Morgan fingerprint density at radius 1 is 0.561 bits per heavy atom. The maximum Gasteiger partial charge on any atom is 0.159 e. The van der Waals surface area contributed by atoms with Crippen LogP contribution in [0.3, 0.4) is 0 Å². The fraction of sp³-hybridized carbons (Fsp3) is 0.0526. The number of thiophene rings is 1. The van der Waals surface area contributed by atoms with Gasteiger partial charge in [-0.15, -0.1) is 11.3 Å². The van der Waals surface area contributed by atoms with Gasteiger partial charge < -0.3 is 8.98 Å². The van der Waals surface area contributed by atoms with E-state index in [1.54, 1.807) is 0 Å². The van der Waals surface area contributed by atoms with Gasteiger partial charge in [-0.3, -0.25) is 0 Å². The van der Waals surface area contributed by atoms with E-state index in [0.717, 1.165) is 27.6 Å². The van der Waals surface area contributed by atoms with Crippen molar-refractivity contribution < 1.29 is 4.42 Å². The summed E-state index contributed by atoms with van der Waals surface area (Å²) in [5, 5.41) is 7.47. The Morgan fingerprint density at radius 2 is 1.27 bits per heavy atom. The summed E-state index contributed by atoms with van der Waals surface area (Å²) < 4.78 is 11.7. The molecule has 2 nitrogen and oxygen atoms in total. The largest absolute Gasteiger partial charge is 0.454 e. The SMILES string of the molecule is Cc1ccc2c(c1)c1cc(C)ccc1n2-c1cccc2c1oc1ccc(-c3cccc4c3sc3ccccc34)cc12. The van der Waals surface area contributed by atoms with Gasteiger partial charge >= 0.3 is 0 Å². The number of aromatic nitrogens is 1. The normalized spacial score (nSPS) is 12.1. The monoisotopic (exact) mass is 543 g/mol. The van der Waals surface area contributed by atoms with Crippen molar-refractivity contribution in [2.75, 3.05) is 0 Å². The first-order chi connectivity index (χ1) is 20.1. The fourth-order valence-electron chi connectivity index (χ4n) is 6.61. The first-order valence-corrected chi connectivity index (χ1v) is 14.8. The van der Waals surface area contributed by atoms with Crippen LogP contribution < -0.4 is 0 Å². The number of hydrogen-bond donors (Lipinski definition) is 0. The molecule has 0 aliphatic carbocycles. The number of rotatable bonds is 2. The summed E-state index contributed by atoms with van der Waals surface area (Å²) in [6.45, 7) is 4.32. The summed E-state index contributed by atoms with van der Waals surface area (Å²) in [6.07, 6.45) is 0. The Bertz CT molecular complexity index is 2450. The molecule has 0 N–H and O–H groups in total. The summed E-state index contributed by atoms with van der Waals surface area (Å²) in [4.78, 5) is 0. The van der Waals surface area contributed by atoms with Gasteiger partial charge in [-0.2, -0.15) is 0 Å². The molecule has 0 radical (unpaired) electrons. The van der Waals surface area contributed by atoms with Crippen molar-refractivity contribution in [1.82, 2.24) is 4.57 Å². The van der Waals surface area contributed by atoms with Crippen molar-refractivity contribution in [3.05, 3.63) is 126 Å². The van der Waals surface area contributed by atoms with Gasteiger partial charge in [-0.05, 0) is 73.5 Å². The highest BCUT2D eigenvalue weighted by Gasteiger charge is 2.19. The minimum atomic E-state index is 0.909. The number of hydrogen-bond acceptors (Lipinski definition) is 2. The predicted molar refractivity (Wildman–Crippen MR) is 176 cm³/mol. The molecule has 0 fully saturated rings. The maximum atomic E-state index is 6.66. The summed E-state index contributed by atoms with van der Waals surface area (Å²) in [5.74, 6) is 0. The number of benzene rings is 6. The molecule has 9 rings (SSSR count). The van der Waals surface area contributed by atoms with Crippen LogP contribution >= 0.6 is 11.3 Å². The molecule has 9 aromatic rings. The quantitative estimate of drug-likeness (QED) is 0.212. The van der Waals surface area contributed by atoms with Crippen LogP contribution in [0.2, 0.25) is 0 Å². The van der Waals surface area contributed by atoms with E-state index in [2.05, 4.69) is 134 Å². The van der Waals surface area contributed by atoms with E-state index in [-0.39, 0.29) is 0 Å². The van der Waals surface area contributed by atoms with Gasteiger partial charge in [0.25, 0.3) is 0 Å². The zero-order valence-corrected chi connectivity index (χ0v) is 23.5. The standard InChI is InChI=1S/C38H25NOS/c1-22-13-16-32-29(19-22)30-20-23(2)14-17-33(30)39(32)34-11-6-9-27-31-21-24(15-18-35(31)40-37(27)34)25-8-5-10-28-26-7-3-4-12-36(26)41-38(25)28/h3-21H,1-2H3. The maximum absolute atomic E-state index is 6.66. The highest BCUT2D eigenvalue weighted by Crippen LogP contribution is 2.43. The highest BCUT2D eigenvalue weighted by atomic mass is 32.1. The second kappa shape index (κ2) is 8.33. The van der Waals surface area contributed by atoms with Crippen molar-refractivity contribution >= 4 is 75.3 Å². The van der Waals surface area contributed by atoms with E-state index in [0.29, 0.717) is 0 Å². The van der Waals surface area contributed by atoms with Gasteiger partial charge in [0.1, 0.15) is 5.58 Å². The minimum Gasteiger partial charge on any atom is -0.454 e. The molecular formula is C38H25NOS. The van der Waals surface area contributed by atoms with Crippen LogP contribution in [-0.4, -0.2) is 4.57 Å². The Balaban J connectivity index is 1.31. The lowest BCUT2D eigenvalue weighted by atomic mass is 10.0. The second-order valence-corrected chi connectivity index (χ2v) is 12.2. The van der Waals surface area contributed by atoms with Crippen molar-refractivity contribution in [2.45, 2.75) is 13.8 Å². The Kier molecular flexibility index (Phi) is 4.65. The zero-order chi connectivity index (χ0) is 27.2. The molecule has 0 bridgehead atoms. The summed E-state index contributed by atoms with van der Waals surface area (Å²) >= 11 is 1.87. The smallest absolute Gasteiger partial charge is 0.159 e. The van der Waals surface area contributed by atoms with Gasteiger partial charge in [-0.1, -0.05) is 77.9 Å². The van der Waals surface area contributed by atoms with Crippen LogP contribution in [0.25, 0.3) is 80.7 Å². The molecule has 0 unspecified atom stereocenters. The van der Waals surface area contributed by atoms with Crippen LogP contribution in [0.4, 0.5) is 0 Å². The van der Waals surface area contributed by atoms with Crippen LogP contribution in [-0.2, 0) is 0 Å². The van der Waals surface area contributed by atoms with Crippen molar-refractivity contribution in [2.24, 2.45) is 0 Å². The van der Waals surface area contributed by atoms with Gasteiger partial charge in [0, 0.05) is 41.7 Å². The Labute approximate surface area is 240 Å². The van der Waals surface area contributed by atoms with Crippen LogP contribution in [0.15, 0.2) is 120 Å². The van der Waals surface area contributed by atoms with Gasteiger partial charge in [0.05, 0.1) is 16.7 Å². The van der Waals surface area contributed by atoms with Crippen LogP contribution in [0, 0.1) is 13.8 Å². The molecule has 0 atom stereocenters. The number of aryl methyl sites for hydroxylation is 2. The van der Waals surface area contributed by atoms with Crippen LogP contribution in [0.1, 0.15) is 11.1 Å². The lowest BCUT2D eigenvalue weighted by molar-refractivity contribution is 0.666. The number of fused-ring (bicyclic) bond motifs is 9. The summed E-state index contributed by atoms with van der Waals surface area (Å²) in [6, 6.07) is 42.0. The summed E-state index contributed by atoms with van der Waals surface area (Å²) in [7, 11) is 0. The van der Waals surface area contributed by atoms with Crippen molar-refractivity contribution in [3.8, 4) is 16.8 Å². The Morgan fingerprint density at radius 3 is 2.07 bits per heavy atom. The minimum absolute atomic E-state index is 0.909. The molecule has 0 aliphatic heterocycles. The predicted octanol–water partition coefficient (Wildman–Crippen LogP) is 11.3. The summed E-state index contributed by atoms with van der Waals surface area (Å²) in [5.41, 5.74) is 10.3. The van der Waals surface area contributed by atoms with E-state index in [4.69, 9.17) is 4.42 Å². The molecule has 194 valence electrons. The number of para-hydroxylation sites is 1. The van der Waals surface area contributed by atoms with Gasteiger partial charge in [-0.25, -0.2) is 0 Å². The third-order valence-corrected chi connectivity index (χ3v) is 9.73. The molecule has 0 saturated carbocycles. The van der Waals surface area contributed by atoms with E-state index in [1.807, 2.05) is 11.3 Å². The molecule has 6 aromatic carbocycles. The molecule has 0 amide bonds. The average Bonchev–Trinajstić information content (AvgIpc) is 3.66. The van der Waals surface area contributed by atoms with Gasteiger partial charge in [0.2, 0.25) is 0 Å². The molecule has 3 heteroatoms. The lowest BCUT2D eigenvalue weighted by Crippen LogP contribution is -1.94. The molecule has 3 aromatic heterocycles. The van der Waals surface area contributed by atoms with E-state index < -0.39 is 0 Å². The molecule has 0 saturated heterocycles. The first kappa shape index (κ1) is 22.9. The second-order valence-electron chi connectivity index (χ2n) is 11.1. The average molecular weight is 544 g/mol. The number of nitrogens with zero attached hydrogens (tertiary/aromatic N) is 1. The van der Waals surface area contributed by atoms with E-state index in [9.17, 15) is 0 Å². The van der Waals surface area contributed by atoms with Gasteiger partial charge in [0.15, 0.2) is 5.58 Å². The van der Waals surface area contributed by atoms with E-state index >= 15 is 0 Å². The van der Waals surface area contributed by atoms with Crippen molar-refractivity contribution in [1.29, 1.82) is 0 Å². The Hall–Kier alpha value is -4.86. The number of furan rings is 1. The van der Waals surface area contributed by atoms with E-state index in [1.165, 1.54) is 64.2 Å². The third kappa shape index (κ3) is 3.24. The highest BCUT2D eigenvalue weighted by molar-refractivity contribution is 7.26. The topological polar surface area (TPSA) is 18.1 Å². The first-order valence-electron chi connectivity index (χ1n) is 14.0.